The first kappa shape index (κ1) is 7.50. The fourth-order valence-corrected chi connectivity index (χ4v) is 1.64. The zero-order valence-electron chi connectivity index (χ0n) is 7.47. The highest BCUT2D eigenvalue weighted by molar-refractivity contribution is 5.70. The van der Waals surface area contributed by atoms with E-state index in [1.54, 1.807) is 6.20 Å². The van der Waals surface area contributed by atoms with E-state index in [-0.39, 0.29) is 0 Å². The zero-order chi connectivity index (χ0) is 9.38. The molecule has 0 saturated carbocycles. The molecular formula is C11H8N2O. The number of ether oxygens (including phenoxy) is 1. The first-order valence-corrected chi connectivity index (χ1v) is 4.48. The first-order valence-electron chi connectivity index (χ1n) is 4.48. The Kier molecular flexibility index (Phi) is 1.50. The summed E-state index contributed by atoms with van der Waals surface area (Å²) in [4.78, 5) is 0. The summed E-state index contributed by atoms with van der Waals surface area (Å²) < 4.78 is 5.58. The van der Waals surface area contributed by atoms with Crippen LogP contribution in [0.2, 0.25) is 0 Å². The number of aromatic nitrogens is 2. The Morgan fingerprint density at radius 2 is 2.07 bits per heavy atom. The smallest absolute Gasteiger partial charge is 0.129 e. The van der Waals surface area contributed by atoms with Gasteiger partial charge < -0.3 is 4.74 Å². The van der Waals surface area contributed by atoms with Gasteiger partial charge in [-0.15, -0.1) is 5.10 Å². The van der Waals surface area contributed by atoms with Crippen LogP contribution in [-0.4, -0.2) is 10.2 Å². The van der Waals surface area contributed by atoms with E-state index < -0.39 is 0 Å². The van der Waals surface area contributed by atoms with Crippen molar-refractivity contribution in [1.82, 2.24) is 10.2 Å². The molecule has 0 atom stereocenters. The van der Waals surface area contributed by atoms with E-state index in [0.29, 0.717) is 6.61 Å². The number of hydrogen-bond acceptors (Lipinski definition) is 3. The van der Waals surface area contributed by atoms with E-state index in [0.717, 1.165) is 22.6 Å². The molecular weight excluding hydrogens is 176 g/mol. The molecule has 1 aromatic heterocycles. The molecule has 0 aliphatic carbocycles. The lowest BCUT2D eigenvalue weighted by Gasteiger charge is -2.18. The standard InChI is InChI=1S/C11H8N2O/c1-2-4-10-9(3-1)11-8(7-14-10)5-6-12-13-11/h1-6H,7H2. The van der Waals surface area contributed by atoms with Crippen LogP contribution in [-0.2, 0) is 6.61 Å². The van der Waals surface area contributed by atoms with Crippen molar-refractivity contribution in [1.29, 1.82) is 0 Å². The Hall–Kier alpha value is -1.90. The quantitative estimate of drug-likeness (QED) is 0.628. The van der Waals surface area contributed by atoms with Crippen LogP contribution in [0.15, 0.2) is 36.5 Å². The van der Waals surface area contributed by atoms with Crippen LogP contribution >= 0.6 is 0 Å². The molecule has 3 rings (SSSR count). The van der Waals surface area contributed by atoms with Gasteiger partial charge in [-0.25, -0.2) is 0 Å². The van der Waals surface area contributed by atoms with Crippen LogP contribution in [0.5, 0.6) is 5.75 Å². The van der Waals surface area contributed by atoms with Crippen molar-refractivity contribution >= 4 is 0 Å². The number of benzene rings is 1. The van der Waals surface area contributed by atoms with Crippen LogP contribution in [0.3, 0.4) is 0 Å². The summed E-state index contributed by atoms with van der Waals surface area (Å²) in [5.74, 6) is 0.889. The third-order valence-corrected chi connectivity index (χ3v) is 2.33. The van der Waals surface area contributed by atoms with Gasteiger partial charge in [-0.2, -0.15) is 5.10 Å². The van der Waals surface area contributed by atoms with Crippen molar-refractivity contribution < 1.29 is 4.74 Å². The molecule has 0 radical (unpaired) electrons. The summed E-state index contributed by atoms with van der Waals surface area (Å²) in [6.45, 7) is 0.585. The van der Waals surface area contributed by atoms with Gasteiger partial charge in [-0.3, -0.25) is 0 Å². The zero-order valence-corrected chi connectivity index (χ0v) is 7.47. The maximum atomic E-state index is 5.58. The Labute approximate surface area is 81.4 Å². The van der Waals surface area contributed by atoms with Gasteiger partial charge in [0.25, 0.3) is 0 Å². The first-order chi connectivity index (χ1) is 6.95. The van der Waals surface area contributed by atoms with Crippen molar-refractivity contribution in [2.45, 2.75) is 6.61 Å². The Bertz CT molecular complexity index is 437. The molecule has 0 amide bonds. The van der Waals surface area contributed by atoms with Gasteiger partial charge >= 0.3 is 0 Å². The Morgan fingerprint density at radius 3 is 3.07 bits per heavy atom. The summed E-state index contributed by atoms with van der Waals surface area (Å²) in [7, 11) is 0. The van der Waals surface area contributed by atoms with Crippen molar-refractivity contribution in [3.8, 4) is 17.0 Å². The summed E-state index contributed by atoms with van der Waals surface area (Å²) in [5, 5.41) is 8.02. The van der Waals surface area contributed by atoms with Gasteiger partial charge in [0, 0.05) is 11.1 Å². The normalized spacial score (nSPS) is 12.6. The highest BCUT2D eigenvalue weighted by Crippen LogP contribution is 2.34. The second-order valence-corrected chi connectivity index (χ2v) is 3.19. The average Bonchev–Trinajstić information content (AvgIpc) is 2.29. The lowest BCUT2D eigenvalue weighted by molar-refractivity contribution is 0.301. The van der Waals surface area contributed by atoms with Crippen molar-refractivity contribution in [3.63, 3.8) is 0 Å². The number of nitrogens with zero attached hydrogens (tertiary/aromatic N) is 2. The molecule has 0 fully saturated rings. The summed E-state index contributed by atoms with van der Waals surface area (Å²) in [6, 6.07) is 9.83. The lowest BCUT2D eigenvalue weighted by atomic mass is 10.0. The SMILES string of the molecule is c1ccc2c(c1)OCc1ccnnc1-2. The van der Waals surface area contributed by atoms with E-state index in [4.69, 9.17) is 4.74 Å². The second kappa shape index (κ2) is 2.80. The van der Waals surface area contributed by atoms with Crippen molar-refractivity contribution in [3.05, 3.63) is 42.1 Å². The Morgan fingerprint density at radius 1 is 1.14 bits per heavy atom. The van der Waals surface area contributed by atoms with Gasteiger partial charge in [0.15, 0.2) is 0 Å². The molecule has 3 nitrogen and oxygen atoms in total. The third kappa shape index (κ3) is 0.988. The van der Waals surface area contributed by atoms with Gasteiger partial charge in [-0.1, -0.05) is 12.1 Å². The van der Waals surface area contributed by atoms with Gasteiger partial charge in [0.2, 0.25) is 0 Å². The second-order valence-electron chi connectivity index (χ2n) is 3.19. The molecule has 68 valence electrons. The number of hydrogen-bond donors (Lipinski definition) is 0. The minimum Gasteiger partial charge on any atom is -0.488 e. The molecule has 0 N–H and O–H groups in total. The van der Waals surface area contributed by atoms with Gasteiger partial charge in [0.1, 0.15) is 18.1 Å². The van der Waals surface area contributed by atoms with Crippen molar-refractivity contribution in [2.75, 3.05) is 0 Å². The van der Waals surface area contributed by atoms with E-state index in [9.17, 15) is 0 Å². The molecule has 0 bridgehead atoms. The minimum absolute atomic E-state index is 0.585. The molecule has 0 spiro atoms. The lowest BCUT2D eigenvalue weighted by Crippen LogP contribution is -2.07. The molecule has 1 aliphatic heterocycles. The Balaban J connectivity index is 2.29. The monoisotopic (exact) mass is 184 g/mol. The largest absolute Gasteiger partial charge is 0.488 e. The predicted octanol–water partition coefficient (Wildman–Crippen LogP) is 2.04. The van der Waals surface area contributed by atoms with E-state index in [1.165, 1.54) is 0 Å². The van der Waals surface area contributed by atoms with Crippen LogP contribution in [0.25, 0.3) is 11.3 Å². The summed E-state index contributed by atoms with van der Waals surface area (Å²) in [6.07, 6.45) is 1.69. The maximum absolute atomic E-state index is 5.58. The van der Waals surface area contributed by atoms with Gasteiger partial charge in [0.05, 0.1) is 6.20 Å². The molecule has 2 heterocycles. The number of para-hydroxylation sites is 1. The van der Waals surface area contributed by atoms with E-state index >= 15 is 0 Å². The maximum Gasteiger partial charge on any atom is 0.129 e. The third-order valence-electron chi connectivity index (χ3n) is 2.33. The molecule has 1 aliphatic rings. The van der Waals surface area contributed by atoms with Crippen LogP contribution in [0.1, 0.15) is 5.56 Å². The number of fused-ring (bicyclic) bond motifs is 3. The van der Waals surface area contributed by atoms with Crippen LogP contribution in [0.4, 0.5) is 0 Å². The van der Waals surface area contributed by atoms with Crippen molar-refractivity contribution in [2.24, 2.45) is 0 Å². The summed E-state index contributed by atoms with van der Waals surface area (Å²) >= 11 is 0. The molecule has 3 heteroatoms. The van der Waals surface area contributed by atoms with E-state index in [1.807, 2.05) is 30.3 Å². The van der Waals surface area contributed by atoms with Crippen LogP contribution in [0, 0.1) is 0 Å². The molecule has 0 unspecified atom stereocenters. The summed E-state index contributed by atoms with van der Waals surface area (Å²) in [5.41, 5.74) is 3.06. The molecule has 14 heavy (non-hydrogen) atoms. The van der Waals surface area contributed by atoms with Crippen LogP contribution < -0.4 is 4.74 Å². The minimum atomic E-state index is 0.585. The molecule has 1 aromatic carbocycles. The fourth-order valence-electron chi connectivity index (χ4n) is 1.64. The van der Waals surface area contributed by atoms with Gasteiger partial charge in [-0.05, 0) is 18.2 Å². The number of rotatable bonds is 0. The van der Waals surface area contributed by atoms with E-state index in [2.05, 4.69) is 10.2 Å². The molecule has 2 aromatic rings. The molecule has 0 saturated heterocycles. The predicted molar refractivity (Wildman–Crippen MR) is 51.8 cm³/mol. The highest BCUT2D eigenvalue weighted by Gasteiger charge is 2.17. The topological polar surface area (TPSA) is 35.0 Å². The highest BCUT2D eigenvalue weighted by atomic mass is 16.5. The fraction of sp³-hybridized carbons (Fsp3) is 0.0909. The average molecular weight is 184 g/mol.